The third kappa shape index (κ3) is 3.29. The predicted octanol–water partition coefficient (Wildman–Crippen LogP) is 3.83. The van der Waals surface area contributed by atoms with Crippen molar-refractivity contribution in [3.63, 3.8) is 0 Å². The van der Waals surface area contributed by atoms with E-state index >= 15 is 0 Å². The third-order valence-electron chi connectivity index (χ3n) is 3.34. The molecular weight excluding hydrogens is 294 g/mol. The van der Waals surface area contributed by atoms with Crippen LogP contribution in [0.4, 0.5) is 0 Å². The summed E-state index contributed by atoms with van der Waals surface area (Å²) >= 11 is 11.1. The Balaban J connectivity index is 1.76. The van der Waals surface area contributed by atoms with Gasteiger partial charge in [-0.1, -0.05) is 11.6 Å². The van der Waals surface area contributed by atoms with E-state index in [9.17, 15) is 0 Å². The van der Waals surface area contributed by atoms with Gasteiger partial charge in [0.15, 0.2) is 0 Å². The summed E-state index contributed by atoms with van der Waals surface area (Å²) in [5.41, 5.74) is 0.879. The Morgan fingerprint density at radius 2 is 2.10 bits per heavy atom. The maximum absolute atomic E-state index is 5.88. The molecule has 1 fully saturated rings. The molecule has 0 radical (unpaired) electrons. The predicted molar refractivity (Wildman–Crippen MR) is 81.1 cm³/mol. The summed E-state index contributed by atoms with van der Waals surface area (Å²) in [6.07, 6.45) is 2.68. The number of hydrogen-bond donors (Lipinski definition) is 0. The van der Waals surface area contributed by atoms with Crippen LogP contribution in [-0.4, -0.2) is 28.3 Å². The van der Waals surface area contributed by atoms with Gasteiger partial charge in [-0.2, -0.15) is 0 Å². The lowest BCUT2D eigenvalue weighted by molar-refractivity contribution is 0.239. The van der Waals surface area contributed by atoms with Crippen LogP contribution in [0.2, 0.25) is 5.02 Å². The van der Waals surface area contributed by atoms with Gasteiger partial charge in [-0.05, 0) is 62.3 Å². The highest BCUT2D eigenvalue weighted by atomic mass is 35.5. The molecule has 1 aliphatic rings. The van der Waals surface area contributed by atoms with Gasteiger partial charge in [0.05, 0.1) is 6.67 Å². The summed E-state index contributed by atoms with van der Waals surface area (Å²) in [5.74, 6) is 1.38. The first-order chi connectivity index (χ1) is 9.61. The van der Waals surface area contributed by atoms with Gasteiger partial charge in [0.1, 0.15) is 0 Å². The van der Waals surface area contributed by atoms with Gasteiger partial charge in [0.2, 0.25) is 5.89 Å². The van der Waals surface area contributed by atoms with Gasteiger partial charge in [0, 0.05) is 17.1 Å². The van der Waals surface area contributed by atoms with E-state index in [1.54, 1.807) is 4.68 Å². The number of aromatic nitrogens is 2. The molecule has 1 heterocycles. The maximum Gasteiger partial charge on any atom is 0.288 e. The molecule has 1 aromatic carbocycles. The summed E-state index contributed by atoms with van der Waals surface area (Å²) in [4.78, 5) is 2.62. The van der Waals surface area contributed by atoms with Crippen molar-refractivity contribution in [2.75, 3.05) is 13.6 Å². The van der Waals surface area contributed by atoms with Gasteiger partial charge >= 0.3 is 0 Å². The van der Waals surface area contributed by atoms with Crippen molar-refractivity contribution < 1.29 is 4.42 Å². The molecule has 0 N–H and O–H groups in total. The summed E-state index contributed by atoms with van der Waals surface area (Å²) in [5, 5.41) is 5.13. The Morgan fingerprint density at radius 1 is 1.40 bits per heavy atom. The first-order valence-electron chi connectivity index (χ1n) is 6.64. The Labute approximate surface area is 128 Å². The Kier molecular flexibility index (Phi) is 3.92. The van der Waals surface area contributed by atoms with Crippen LogP contribution in [0.25, 0.3) is 11.5 Å². The highest BCUT2D eigenvalue weighted by Gasteiger charge is 2.23. The Morgan fingerprint density at radius 3 is 2.75 bits per heavy atom. The van der Waals surface area contributed by atoms with E-state index in [0.717, 1.165) is 18.0 Å². The molecule has 0 spiro atoms. The van der Waals surface area contributed by atoms with Gasteiger partial charge in [-0.15, -0.1) is 5.10 Å². The fourth-order valence-electron chi connectivity index (χ4n) is 2.13. The van der Waals surface area contributed by atoms with Gasteiger partial charge in [-0.3, -0.25) is 4.90 Å². The minimum atomic E-state index is 0.401. The van der Waals surface area contributed by atoms with Crippen LogP contribution < -0.4 is 0 Å². The normalized spacial score (nSPS) is 14.9. The number of nitrogens with zero attached hydrogens (tertiary/aromatic N) is 3. The molecule has 106 valence electrons. The van der Waals surface area contributed by atoms with Crippen molar-refractivity contribution in [3.8, 4) is 11.5 Å². The lowest BCUT2D eigenvalue weighted by Crippen LogP contribution is -2.24. The quantitative estimate of drug-likeness (QED) is 0.786. The highest BCUT2D eigenvalue weighted by Crippen LogP contribution is 2.29. The van der Waals surface area contributed by atoms with Crippen LogP contribution in [0, 0.1) is 10.8 Å². The van der Waals surface area contributed by atoms with Crippen LogP contribution in [0.3, 0.4) is 0 Å². The van der Waals surface area contributed by atoms with E-state index in [1.807, 2.05) is 24.3 Å². The molecule has 20 heavy (non-hydrogen) atoms. The van der Waals surface area contributed by atoms with Crippen molar-refractivity contribution >= 4 is 23.8 Å². The largest absolute Gasteiger partial charge is 0.409 e. The monoisotopic (exact) mass is 309 g/mol. The summed E-state index contributed by atoms with van der Waals surface area (Å²) in [6.45, 7) is 1.75. The molecule has 0 aliphatic heterocycles. The number of halogens is 1. The summed E-state index contributed by atoms with van der Waals surface area (Å²) in [6, 6.07) is 7.38. The van der Waals surface area contributed by atoms with E-state index in [4.69, 9.17) is 28.2 Å². The molecule has 0 saturated heterocycles. The number of hydrogen-bond acceptors (Lipinski definition) is 4. The lowest BCUT2D eigenvalue weighted by atomic mass is 10.2. The average molecular weight is 310 g/mol. The molecule has 1 saturated carbocycles. The minimum Gasteiger partial charge on any atom is -0.409 e. The standard InChI is InChI=1S/C14H16ClN3OS/c1-17(8-10-2-3-10)9-18-14(20)19-13(16-18)11-4-6-12(15)7-5-11/h4-7,10H,2-3,8-9H2,1H3. The molecule has 4 nitrogen and oxygen atoms in total. The first kappa shape index (κ1) is 13.8. The molecule has 6 heteroatoms. The van der Waals surface area contributed by atoms with Gasteiger partial charge in [0.25, 0.3) is 4.84 Å². The van der Waals surface area contributed by atoms with Crippen LogP contribution in [0.15, 0.2) is 28.7 Å². The fraction of sp³-hybridized carbons (Fsp3) is 0.429. The summed E-state index contributed by atoms with van der Waals surface area (Å²) in [7, 11) is 2.08. The van der Waals surface area contributed by atoms with Crippen molar-refractivity contribution in [1.29, 1.82) is 0 Å². The molecule has 1 aromatic heterocycles. The first-order valence-corrected chi connectivity index (χ1v) is 7.43. The third-order valence-corrected chi connectivity index (χ3v) is 3.89. The van der Waals surface area contributed by atoms with Crippen LogP contribution in [-0.2, 0) is 6.67 Å². The second-order valence-electron chi connectivity index (χ2n) is 5.30. The van der Waals surface area contributed by atoms with Crippen LogP contribution in [0.5, 0.6) is 0 Å². The van der Waals surface area contributed by atoms with Crippen molar-refractivity contribution in [3.05, 3.63) is 34.1 Å². The molecule has 3 rings (SSSR count). The zero-order chi connectivity index (χ0) is 14.1. The van der Waals surface area contributed by atoms with Crippen LogP contribution in [0.1, 0.15) is 12.8 Å². The van der Waals surface area contributed by atoms with E-state index < -0.39 is 0 Å². The Hall–Kier alpha value is -1.17. The molecule has 0 unspecified atom stereocenters. The van der Waals surface area contributed by atoms with Crippen molar-refractivity contribution in [1.82, 2.24) is 14.7 Å². The zero-order valence-corrected chi connectivity index (χ0v) is 12.8. The van der Waals surface area contributed by atoms with E-state index in [1.165, 1.54) is 12.8 Å². The van der Waals surface area contributed by atoms with Crippen molar-refractivity contribution in [2.45, 2.75) is 19.5 Å². The van der Waals surface area contributed by atoms with Gasteiger partial charge in [-0.25, -0.2) is 4.68 Å². The second kappa shape index (κ2) is 5.68. The molecule has 0 atom stereocenters. The van der Waals surface area contributed by atoms with Crippen molar-refractivity contribution in [2.24, 2.45) is 5.92 Å². The number of rotatable bonds is 5. The second-order valence-corrected chi connectivity index (χ2v) is 6.09. The highest BCUT2D eigenvalue weighted by molar-refractivity contribution is 7.71. The smallest absolute Gasteiger partial charge is 0.288 e. The molecule has 0 bridgehead atoms. The average Bonchev–Trinajstić information content (AvgIpc) is 3.14. The molecule has 1 aliphatic carbocycles. The SMILES string of the molecule is CN(CC1CC1)Cn1nc(-c2ccc(Cl)cc2)oc1=S. The van der Waals surface area contributed by atoms with E-state index in [-0.39, 0.29) is 0 Å². The van der Waals surface area contributed by atoms with Gasteiger partial charge < -0.3 is 4.42 Å². The van der Waals surface area contributed by atoms with Crippen LogP contribution >= 0.6 is 23.8 Å². The maximum atomic E-state index is 5.88. The topological polar surface area (TPSA) is 34.2 Å². The molecular formula is C14H16ClN3OS. The van der Waals surface area contributed by atoms with E-state index in [2.05, 4.69) is 17.0 Å². The molecule has 2 aromatic rings. The summed E-state index contributed by atoms with van der Waals surface area (Å²) < 4.78 is 7.28. The Bertz CT molecular complexity index is 645. The zero-order valence-electron chi connectivity index (χ0n) is 11.3. The molecule has 0 amide bonds. The number of benzene rings is 1. The lowest BCUT2D eigenvalue weighted by Gasteiger charge is -2.14. The minimum absolute atomic E-state index is 0.401. The van der Waals surface area contributed by atoms with E-state index in [0.29, 0.717) is 22.4 Å². The fourth-order valence-corrected chi connectivity index (χ4v) is 2.44.